The Balaban J connectivity index is 1.46. The summed E-state index contributed by atoms with van der Waals surface area (Å²) in [5.41, 5.74) is 6.84. The van der Waals surface area contributed by atoms with Crippen LogP contribution in [0.3, 0.4) is 0 Å². The van der Waals surface area contributed by atoms with Gasteiger partial charge in [0.25, 0.3) is 5.91 Å². The number of carbonyl (C=O) groups excluding carboxylic acids is 1. The normalized spacial score (nSPS) is 11.2. The predicted octanol–water partition coefficient (Wildman–Crippen LogP) is 5.22. The van der Waals surface area contributed by atoms with Gasteiger partial charge in [0, 0.05) is 10.0 Å². The molecule has 0 aliphatic rings. The van der Waals surface area contributed by atoms with E-state index in [0.29, 0.717) is 11.5 Å². The summed E-state index contributed by atoms with van der Waals surface area (Å²) in [6.07, 6.45) is 1.74. The van der Waals surface area contributed by atoms with Gasteiger partial charge in [0.15, 0.2) is 6.61 Å². The zero-order valence-corrected chi connectivity index (χ0v) is 19.0. The Hall–Kier alpha value is -3.71. The predicted molar refractivity (Wildman–Crippen MR) is 129 cm³/mol. The van der Waals surface area contributed by atoms with Gasteiger partial charge in [-0.3, -0.25) is 4.79 Å². The zero-order chi connectivity index (χ0) is 22.3. The van der Waals surface area contributed by atoms with Crippen LogP contribution in [-0.2, 0) is 4.79 Å². The lowest BCUT2D eigenvalue weighted by molar-refractivity contribution is -0.123. The van der Waals surface area contributed by atoms with Crippen molar-refractivity contribution in [3.63, 3.8) is 0 Å². The van der Waals surface area contributed by atoms with E-state index in [1.54, 1.807) is 6.20 Å². The second-order valence-corrected chi connectivity index (χ2v) is 7.90. The molecule has 7 heteroatoms. The first kappa shape index (κ1) is 21.5. The quantitative estimate of drug-likeness (QED) is 0.286. The van der Waals surface area contributed by atoms with Gasteiger partial charge < -0.3 is 4.74 Å². The number of ether oxygens (including phenoxy) is 1. The molecule has 4 rings (SSSR count). The number of amides is 1. The summed E-state index contributed by atoms with van der Waals surface area (Å²) in [7, 11) is 0. The standard InChI is InChI=1S/C25H21BrN4O2/c1-18(19-11-13-20(26)14-12-19)28-29-25(31)17-32-24-10-6-5-9-22(24)23-15-16-27-30(23)21-7-3-2-4-8-21/h2-16H,17H2,1H3,(H,29,31)/b28-18+. The summed E-state index contributed by atoms with van der Waals surface area (Å²) in [6.45, 7) is 1.68. The first-order valence-electron chi connectivity index (χ1n) is 10.0. The lowest BCUT2D eigenvalue weighted by atomic mass is 10.1. The van der Waals surface area contributed by atoms with Crippen LogP contribution in [0.2, 0.25) is 0 Å². The molecule has 1 N–H and O–H groups in total. The van der Waals surface area contributed by atoms with E-state index in [-0.39, 0.29) is 12.5 Å². The second kappa shape index (κ2) is 10.1. The summed E-state index contributed by atoms with van der Waals surface area (Å²) in [5, 5.41) is 8.61. The lowest BCUT2D eigenvalue weighted by Gasteiger charge is -2.13. The largest absolute Gasteiger partial charge is 0.483 e. The van der Waals surface area contributed by atoms with Gasteiger partial charge in [-0.2, -0.15) is 10.2 Å². The van der Waals surface area contributed by atoms with E-state index in [1.807, 2.05) is 96.5 Å². The third kappa shape index (κ3) is 5.12. The molecule has 0 saturated heterocycles. The Morgan fingerprint density at radius 2 is 1.72 bits per heavy atom. The number of hydrogen-bond donors (Lipinski definition) is 1. The van der Waals surface area contributed by atoms with E-state index in [4.69, 9.17) is 4.74 Å². The Kier molecular flexibility index (Phi) is 6.77. The molecule has 3 aromatic carbocycles. The first-order chi connectivity index (χ1) is 15.6. The molecule has 160 valence electrons. The summed E-state index contributed by atoms with van der Waals surface area (Å²) < 4.78 is 8.67. The number of hydrazone groups is 1. The lowest BCUT2D eigenvalue weighted by Crippen LogP contribution is -2.25. The Morgan fingerprint density at radius 1 is 1.00 bits per heavy atom. The molecule has 0 aliphatic heterocycles. The molecular formula is C25H21BrN4O2. The number of nitrogens with zero attached hydrogens (tertiary/aromatic N) is 3. The van der Waals surface area contributed by atoms with E-state index in [1.165, 1.54) is 0 Å². The molecule has 4 aromatic rings. The third-order valence-corrected chi connectivity index (χ3v) is 5.30. The van der Waals surface area contributed by atoms with Crippen molar-refractivity contribution in [2.75, 3.05) is 6.61 Å². The topological polar surface area (TPSA) is 68.5 Å². The van der Waals surface area contributed by atoms with E-state index in [2.05, 4.69) is 31.6 Å². The highest BCUT2D eigenvalue weighted by molar-refractivity contribution is 9.10. The average molecular weight is 489 g/mol. The number of aromatic nitrogens is 2. The maximum atomic E-state index is 12.3. The number of carbonyl (C=O) groups is 1. The minimum atomic E-state index is -0.340. The summed E-state index contributed by atoms with van der Waals surface area (Å²) in [6, 6.07) is 27.1. The molecule has 0 aliphatic carbocycles. The molecule has 0 radical (unpaired) electrons. The van der Waals surface area contributed by atoms with Gasteiger partial charge >= 0.3 is 0 Å². The van der Waals surface area contributed by atoms with Gasteiger partial charge in [-0.25, -0.2) is 10.1 Å². The average Bonchev–Trinajstić information content (AvgIpc) is 3.32. The van der Waals surface area contributed by atoms with Gasteiger partial charge in [-0.1, -0.05) is 58.4 Å². The fourth-order valence-electron chi connectivity index (χ4n) is 3.16. The number of hydrogen-bond acceptors (Lipinski definition) is 4. The summed E-state index contributed by atoms with van der Waals surface area (Å²) in [5.74, 6) is 0.252. The SMILES string of the molecule is C/C(=N\NC(=O)COc1ccccc1-c1ccnn1-c1ccccc1)c1ccc(Br)cc1. The van der Waals surface area contributed by atoms with Gasteiger partial charge in [-0.05, 0) is 55.0 Å². The Bertz CT molecular complexity index is 1230. The van der Waals surface area contributed by atoms with Gasteiger partial charge in [-0.15, -0.1) is 0 Å². The van der Waals surface area contributed by atoms with Crippen molar-refractivity contribution in [3.05, 3.63) is 101 Å². The van der Waals surface area contributed by atoms with Crippen LogP contribution in [0.4, 0.5) is 0 Å². The highest BCUT2D eigenvalue weighted by Gasteiger charge is 2.13. The zero-order valence-electron chi connectivity index (χ0n) is 17.4. The van der Waals surface area contributed by atoms with Crippen LogP contribution in [0, 0.1) is 0 Å². The summed E-state index contributed by atoms with van der Waals surface area (Å²) >= 11 is 3.41. The molecule has 1 amide bonds. The molecular weight excluding hydrogens is 468 g/mol. The van der Waals surface area contributed by atoms with Crippen LogP contribution in [0.1, 0.15) is 12.5 Å². The molecule has 6 nitrogen and oxygen atoms in total. The van der Waals surface area contributed by atoms with Crippen molar-refractivity contribution in [1.82, 2.24) is 15.2 Å². The van der Waals surface area contributed by atoms with Crippen LogP contribution in [-0.4, -0.2) is 28.0 Å². The number of rotatable bonds is 7. The number of para-hydroxylation sites is 2. The van der Waals surface area contributed by atoms with Crippen LogP contribution >= 0.6 is 15.9 Å². The maximum Gasteiger partial charge on any atom is 0.277 e. The molecule has 1 heterocycles. The fourth-order valence-corrected chi connectivity index (χ4v) is 3.43. The minimum absolute atomic E-state index is 0.159. The van der Waals surface area contributed by atoms with Crippen LogP contribution in [0.15, 0.2) is 101 Å². The van der Waals surface area contributed by atoms with Gasteiger partial charge in [0.05, 0.1) is 23.3 Å². The second-order valence-electron chi connectivity index (χ2n) is 6.99. The van der Waals surface area contributed by atoms with Crippen LogP contribution in [0.5, 0.6) is 5.75 Å². The Labute approximate surface area is 194 Å². The van der Waals surface area contributed by atoms with Crippen molar-refractivity contribution in [2.24, 2.45) is 5.10 Å². The minimum Gasteiger partial charge on any atom is -0.483 e. The van der Waals surface area contributed by atoms with E-state index in [0.717, 1.165) is 27.0 Å². The number of nitrogens with one attached hydrogen (secondary N) is 1. The molecule has 32 heavy (non-hydrogen) atoms. The number of halogens is 1. The van der Waals surface area contributed by atoms with Crippen molar-refractivity contribution >= 4 is 27.5 Å². The van der Waals surface area contributed by atoms with Crippen LogP contribution in [0.25, 0.3) is 16.9 Å². The van der Waals surface area contributed by atoms with Gasteiger partial charge in [0.1, 0.15) is 5.75 Å². The monoisotopic (exact) mass is 488 g/mol. The van der Waals surface area contributed by atoms with Gasteiger partial charge in [0.2, 0.25) is 0 Å². The molecule has 0 spiro atoms. The highest BCUT2D eigenvalue weighted by Crippen LogP contribution is 2.31. The molecule has 0 fully saturated rings. The number of benzene rings is 3. The molecule has 0 atom stereocenters. The fraction of sp³-hybridized carbons (Fsp3) is 0.0800. The summed E-state index contributed by atoms with van der Waals surface area (Å²) in [4.78, 5) is 12.3. The first-order valence-corrected chi connectivity index (χ1v) is 10.8. The van der Waals surface area contributed by atoms with Crippen molar-refractivity contribution in [3.8, 4) is 22.7 Å². The smallest absolute Gasteiger partial charge is 0.277 e. The van der Waals surface area contributed by atoms with E-state index < -0.39 is 0 Å². The third-order valence-electron chi connectivity index (χ3n) is 4.78. The molecule has 1 aromatic heterocycles. The Morgan fingerprint density at radius 3 is 2.50 bits per heavy atom. The molecule has 0 unspecified atom stereocenters. The van der Waals surface area contributed by atoms with Crippen molar-refractivity contribution < 1.29 is 9.53 Å². The maximum absolute atomic E-state index is 12.3. The van der Waals surface area contributed by atoms with Crippen molar-refractivity contribution in [1.29, 1.82) is 0 Å². The van der Waals surface area contributed by atoms with E-state index >= 15 is 0 Å². The van der Waals surface area contributed by atoms with E-state index in [9.17, 15) is 4.79 Å². The van der Waals surface area contributed by atoms with Crippen LogP contribution < -0.4 is 10.2 Å². The molecule has 0 saturated carbocycles. The highest BCUT2D eigenvalue weighted by atomic mass is 79.9. The molecule has 0 bridgehead atoms. The van der Waals surface area contributed by atoms with Crippen molar-refractivity contribution in [2.45, 2.75) is 6.92 Å².